The van der Waals surface area contributed by atoms with Crippen LogP contribution in [0.3, 0.4) is 0 Å². The standard InChI is InChI=1S/C10H16N2O2S/c1-8-11-12-10(14-8)7-15-6-9-4-2-3-5-13-9/h9H,2-7H2,1H3. The Bertz CT molecular complexity index is 297. The predicted octanol–water partition coefficient (Wildman–Crippen LogP) is 2.18. The zero-order valence-electron chi connectivity index (χ0n) is 8.94. The number of rotatable bonds is 4. The molecule has 5 heteroatoms. The molecule has 84 valence electrons. The third kappa shape index (κ3) is 3.50. The summed E-state index contributed by atoms with van der Waals surface area (Å²) in [6.07, 6.45) is 4.12. The highest BCUT2D eigenvalue weighted by Crippen LogP contribution is 2.19. The van der Waals surface area contributed by atoms with Crippen molar-refractivity contribution in [2.75, 3.05) is 12.4 Å². The number of hydrogen-bond acceptors (Lipinski definition) is 5. The van der Waals surface area contributed by atoms with Gasteiger partial charge in [-0.1, -0.05) is 0 Å². The molecule has 1 unspecified atom stereocenters. The summed E-state index contributed by atoms with van der Waals surface area (Å²) in [6, 6.07) is 0. The van der Waals surface area contributed by atoms with E-state index in [0.29, 0.717) is 17.9 Å². The van der Waals surface area contributed by atoms with Crippen molar-refractivity contribution in [2.24, 2.45) is 0 Å². The lowest BCUT2D eigenvalue weighted by atomic mass is 10.1. The Hall–Kier alpha value is -0.550. The molecule has 0 spiro atoms. The summed E-state index contributed by atoms with van der Waals surface area (Å²) in [5, 5.41) is 7.74. The summed E-state index contributed by atoms with van der Waals surface area (Å²) in [5.41, 5.74) is 0. The maximum atomic E-state index is 5.63. The van der Waals surface area contributed by atoms with Crippen molar-refractivity contribution in [3.63, 3.8) is 0 Å². The zero-order valence-corrected chi connectivity index (χ0v) is 9.76. The van der Waals surface area contributed by atoms with E-state index in [2.05, 4.69) is 10.2 Å². The average Bonchev–Trinajstić information content (AvgIpc) is 2.66. The molecule has 1 aromatic rings. The largest absolute Gasteiger partial charge is 0.425 e. The molecular weight excluding hydrogens is 212 g/mol. The predicted molar refractivity (Wildman–Crippen MR) is 58.8 cm³/mol. The summed E-state index contributed by atoms with van der Waals surface area (Å²) < 4.78 is 10.9. The first-order valence-electron chi connectivity index (χ1n) is 5.33. The van der Waals surface area contributed by atoms with Crippen molar-refractivity contribution in [2.45, 2.75) is 38.0 Å². The Morgan fingerprint density at radius 1 is 1.40 bits per heavy atom. The molecule has 1 aliphatic rings. The number of nitrogens with zero attached hydrogens (tertiary/aromatic N) is 2. The third-order valence-electron chi connectivity index (χ3n) is 2.37. The van der Waals surface area contributed by atoms with E-state index in [0.717, 1.165) is 18.1 Å². The van der Waals surface area contributed by atoms with Crippen LogP contribution in [0.15, 0.2) is 4.42 Å². The van der Waals surface area contributed by atoms with Gasteiger partial charge in [0.15, 0.2) is 0 Å². The van der Waals surface area contributed by atoms with Crippen molar-refractivity contribution in [3.05, 3.63) is 11.8 Å². The van der Waals surface area contributed by atoms with Crippen LogP contribution in [0, 0.1) is 6.92 Å². The first-order chi connectivity index (χ1) is 7.34. The lowest BCUT2D eigenvalue weighted by Gasteiger charge is -2.21. The van der Waals surface area contributed by atoms with Crippen LogP contribution in [0.2, 0.25) is 0 Å². The highest BCUT2D eigenvalue weighted by atomic mass is 32.2. The fraction of sp³-hybridized carbons (Fsp3) is 0.800. The number of aromatic nitrogens is 2. The summed E-state index contributed by atoms with van der Waals surface area (Å²) in [5.74, 6) is 3.18. The van der Waals surface area contributed by atoms with Crippen molar-refractivity contribution >= 4 is 11.8 Å². The topological polar surface area (TPSA) is 48.2 Å². The quantitative estimate of drug-likeness (QED) is 0.790. The minimum absolute atomic E-state index is 0.424. The van der Waals surface area contributed by atoms with Gasteiger partial charge >= 0.3 is 0 Å². The molecule has 4 nitrogen and oxygen atoms in total. The van der Waals surface area contributed by atoms with E-state index in [1.807, 2.05) is 6.92 Å². The van der Waals surface area contributed by atoms with Crippen LogP contribution in [0.1, 0.15) is 31.0 Å². The maximum Gasteiger partial charge on any atom is 0.226 e. The van der Waals surface area contributed by atoms with E-state index >= 15 is 0 Å². The van der Waals surface area contributed by atoms with Crippen LogP contribution in [-0.2, 0) is 10.5 Å². The Morgan fingerprint density at radius 2 is 2.33 bits per heavy atom. The van der Waals surface area contributed by atoms with E-state index in [4.69, 9.17) is 9.15 Å². The number of aryl methyl sites for hydroxylation is 1. The van der Waals surface area contributed by atoms with Crippen LogP contribution in [0.5, 0.6) is 0 Å². The number of thioether (sulfide) groups is 1. The van der Waals surface area contributed by atoms with E-state index in [9.17, 15) is 0 Å². The van der Waals surface area contributed by atoms with Crippen molar-refractivity contribution in [3.8, 4) is 0 Å². The molecule has 1 fully saturated rings. The fourth-order valence-corrected chi connectivity index (χ4v) is 2.55. The fourth-order valence-electron chi connectivity index (χ4n) is 1.61. The molecule has 0 bridgehead atoms. The Balaban J connectivity index is 1.65. The minimum atomic E-state index is 0.424. The number of ether oxygens (including phenoxy) is 1. The summed E-state index contributed by atoms with van der Waals surface area (Å²) in [6.45, 7) is 2.73. The van der Waals surface area contributed by atoms with Crippen LogP contribution >= 0.6 is 11.8 Å². The van der Waals surface area contributed by atoms with E-state index in [1.165, 1.54) is 19.3 Å². The molecule has 0 N–H and O–H groups in total. The first-order valence-corrected chi connectivity index (χ1v) is 6.48. The molecule has 0 radical (unpaired) electrons. The van der Waals surface area contributed by atoms with Crippen molar-refractivity contribution in [1.29, 1.82) is 0 Å². The van der Waals surface area contributed by atoms with E-state index in [-0.39, 0.29) is 0 Å². The monoisotopic (exact) mass is 228 g/mol. The van der Waals surface area contributed by atoms with Crippen LogP contribution < -0.4 is 0 Å². The molecule has 0 saturated carbocycles. The molecule has 0 amide bonds. The summed E-state index contributed by atoms with van der Waals surface area (Å²) in [4.78, 5) is 0. The minimum Gasteiger partial charge on any atom is -0.425 e. The molecular formula is C10H16N2O2S. The second-order valence-electron chi connectivity index (χ2n) is 3.72. The molecule has 0 aromatic carbocycles. The van der Waals surface area contributed by atoms with Gasteiger partial charge in [0, 0.05) is 19.3 Å². The van der Waals surface area contributed by atoms with Gasteiger partial charge in [-0.2, -0.15) is 0 Å². The molecule has 1 atom stereocenters. The Kier molecular flexibility index (Phi) is 4.02. The molecule has 2 rings (SSSR count). The van der Waals surface area contributed by atoms with E-state index < -0.39 is 0 Å². The van der Waals surface area contributed by atoms with Crippen LogP contribution in [-0.4, -0.2) is 28.7 Å². The van der Waals surface area contributed by atoms with Gasteiger partial charge in [0.25, 0.3) is 0 Å². The summed E-state index contributed by atoms with van der Waals surface area (Å²) in [7, 11) is 0. The van der Waals surface area contributed by atoms with Gasteiger partial charge in [-0.05, 0) is 19.3 Å². The second kappa shape index (κ2) is 5.51. The molecule has 1 aliphatic heterocycles. The van der Waals surface area contributed by atoms with Crippen molar-refractivity contribution in [1.82, 2.24) is 10.2 Å². The van der Waals surface area contributed by atoms with Gasteiger partial charge in [-0.3, -0.25) is 0 Å². The van der Waals surface area contributed by atoms with Gasteiger partial charge in [0.05, 0.1) is 11.9 Å². The molecule has 2 heterocycles. The van der Waals surface area contributed by atoms with Gasteiger partial charge in [0.2, 0.25) is 11.8 Å². The summed E-state index contributed by atoms with van der Waals surface area (Å²) >= 11 is 1.80. The average molecular weight is 228 g/mol. The third-order valence-corrected chi connectivity index (χ3v) is 3.43. The highest BCUT2D eigenvalue weighted by molar-refractivity contribution is 7.98. The van der Waals surface area contributed by atoms with Gasteiger partial charge in [-0.15, -0.1) is 22.0 Å². The molecule has 1 aromatic heterocycles. The Labute approximate surface area is 93.8 Å². The van der Waals surface area contributed by atoms with Crippen molar-refractivity contribution < 1.29 is 9.15 Å². The smallest absolute Gasteiger partial charge is 0.226 e. The van der Waals surface area contributed by atoms with Gasteiger partial charge < -0.3 is 9.15 Å². The van der Waals surface area contributed by atoms with Crippen LogP contribution in [0.4, 0.5) is 0 Å². The lowest BCUT2D eigenvalue weighted by molar-refractivity contribution is 0.0315. The number of hydrogen-bond donors (Lipinski definition) is 0. The zero-order chi connectivity index (χ0) is 10.5. The molecule has 0 aliphatic carbocycles. The maximum absolute atomic E-state index is 5.63. The molecule has 1 saturated heterocycles. The van der Waals surface area contributed by atoms with Gasteiger partial charge in [0.1, 0.15) is 0 Å². The lowest BCUT2D eigenvalue weighted by Crippen LogP contribution is -2.21. The SMILES string of the molecule is Cc1nnc(CSCC2CCCCO2)o1. The Morgan fingerprint density at radius 3 is 3.00 bits per heavy atom. The molecule has 15 heavy (non-hydrogen) atoms. The highest BCUT2D eigenvalue weighted by Gasteiger charge is 2.14. The normalized spacial score (nSPS) is 21.8. The van der Waals surface area contributed by atoms with E-state index in [1.54, 1.807) is 11.8 Å². The van der Waals surface area contributed by atoms with Gasteiger partial charge in [-0.25, -0.2) is 0 Å². The first kappa shape index (κ1) is 11.0. The van der Waals surface area contributed by atoms with Crippen LogP contribution in [0.25, 0.3) is 0 Å². The second-order valence-corrected chi connectivity index (χ2v) is 4.75.